The standard InChI is InChI=1S/C100H68N2O2/c1-99(2)85-57-84-86(58-83(85)93-87(99)59-89(97-95(93)81-33-13-15-39-91(81)103-97)101(69-49-41-65(42-50-69)77-35-17-25-61-21-5-9-29-73(61)77)70-51-43-66(44-52-70)78-36-18-26-62-22-6-10-30-74(62)78)100(3,4)88-60-90(98-96(94(84)88)82-34-14-16-40-92(82)104-98)102(71-53-45-67(46-54-71)79-37-19-27-63-23-7-11-31-75(63)79)72-55-47-68(48-56-72)80-38-20-28-64-24-8-12-32-76(64)80/h5-60H,1-4H3. The van der Waals surface area contributed by atoms with Gasteiger partial charge in [-0.25, -0.2) is 0 Å². The van der Waals surface area contributed by atoms with Crippen LogP contribution in [0.2, 0.25) is 0 Å². The number of nitrogens with zero attached hydrogens (tertiary/aromatic N) is 2. The fourth-order valence-electron chi connectivity index (χ4n) is 17.9. The summed E-state index contributed by atoms with van der Waals surface area (Å²) in [5.41, 5.74) is 28.1. The van der Waals surface area contributed by atoms with E-state index in [-0.39, 0.29) is 0 Å². The van der Waals surface area contributed by atoms with Crippen LogP contribution in [0.15, 0.2) is 349 Å². The molecule has 19 aromatic rings. The molecule has 2 aliphatic rings. The van der Waals surface area contributed by atoms with Crippen molar-refractivity contribution >= 4 is 121 Å². The van der Waals surface area contributed by atoms with Crippen LogP contribution < -0.4 is 9.80 Å². The van der Waals surface area contributed by atoms with Crippen LogP contribution in [0, 0.1) is 0 Å². The third-order valence-corrected chi connectivity index (χ3v) is 23.0. The van der Waals surface area contributed by atoms with Crippen molar-refractivity contribution in [1.82, 2.24) is 0 Å². The van der Waals surface area contributed by atoms with Gasteiger partial charge in [0.2, 0.25) is 0 Å². The van der Waals surface area contributed by atoms with Gasteiger partial charge in [-0.3, -0.25) is 0 Å². The first-order valence-electron chi connectivity index (χ1n) is 36.2. The zero-order valence-corrected chi connectivity index (χ0v) is 58.0. The van der Waals surface area contributed by atoms with Gasteiger partial charge in [0, 0.05) is 55.1 Å². The Hall–Kier alpha value is -13.0. The second-order valence-electron chi connectivity index (χ2n) is 29.4. The van der Waals surface area contributed by atoms with Gasteiger partial charge in [0.25, 0.3) is 0 Å². The Balaban J connectivity index is 0.750. The van der Waals surface area contributed by atoms with Crippen molar-refractivity contribution in [3.63, 3.8) is 0 Å². The van der Waals surface area contributed by atoms with Crippen molar-refractivity contribution in [2.24, 2.45) is 0 Å². The van der Waals surface area contributed by atoms with Crippen molar-refractivity contribution in [2.75, 3.05) is 9.80 Å². The Morgan fingerprint density at radius 2 is 0.490 bits per heavy atom. The molecule has 104 heavy (non-hydrogen) atoms. The summed E-state index contributed by atoms with van der Waals surface area (Å²) in [5.74, 6) is 0. The van der Waals surface area contributed by atoms with E-state index in [0.717, 1.165) is 100 Å². The number of hydrogen-bond donors (Lipinski definition) is 0. The van der Waals surface area contributed by atoms with Gasteiger partial charge in [-0.05, 0) is 217 Å². The molecule has 0 N–H and O–H groups in total. The average Bonchev–Trinajstić information content (AvgIpc) is 1.51. The number of anilines is 6. The highest BCUT2D eigenvalue weighted by Crippen LogP contribution is 2.63. The van der Waals surface area contributed by atoms with Crippen LogP contribution in [0.25, 0.3) is 154 Å². The third kappa shape index (κ3) is 8.98. The molecule has 2 aliphatic carbocycles. The lowest BCUT2D eigenvalue weighted by Crippen LogP contribution is -2.18. The Kier molecular flexibility index (Phi) is 13.1. The molecule has 17 aromatic carbocycles. The SMILES string of the molecule is CC1(C)c2cc3c(cc2-c2c1cc(N(c1ccc(-c4cccc5ccccc45)cc1)c1ccc(-c4cccc5ccccc45)cc1)c1oc4ccccc4c21)C(C)(C)c1cc(N(c2ccc(-c4cccc5ccccc45)cc2)c2ccc(-c4cccc5ccccc45)cc2)c2oc4ccccc4c2c1-3. The van der Waals surface area contributed by atoms with E-state index in [0.29, 0.717) is 0 Å². The topological polar surface area (TPSA) is 32.8 Å². The van der Waals surface area contributed by atoms with Crippen molar-refractivity contribution in [2.45, 2.75) is 38.5 Å². The van der Waals surface area contributed by atoms with Crippen LogP contribution in [-0.2, 0) is 10.8 Å². The third-order valence-electron chi connectivity index (χ3n) is 23.0. The van der Waals surface area contributed by atoms with Crippen molar-refractivity contribution in [3.05, 3.63) is 362 Å². The smallest absolute Gasteiger partial charge is 0.160 e. The molecule has 0 fully saturated rings. The Morgan fingerprint density at radius 3 is 0.788 bits per heavy atom. The summed E-state index contributed by atoms with van der Waals surface area (Å²) in [6.45, 7) is 9.75. The van der Waals surface area contributed by atoms with Gasteiger partial charge in [0.15, 0.2) is 11.2 Å². The molecular formula is C100H68N2O2. The van der Waals surface area contributed by atoms with E-state index in [4.69, 9.17) is 8.83 Å². The molecule has 2 aromatic heterocycles. The number of para-hydroxylation sites is 2. The summed E-state index contributed by atoms with van der Waals surface area (Å²) >= 11 is 0. The maximum atomic E-state index is 7.41. The normalized spacial score (nSPS) is 13.3. The maximum Gasteiger partial charge on any atom is 0.160 e. The summed E-state index contributed by atoms with van der Waals surface area (Å²) in [5, 5.41) is 14.2. The van der Waals surface area contributed by atoms with Crippen LogP contribution in [0.1, 0.15) is 49.9 Å². The van der Waals surface area contributed by atoms with E-state index in [1.54, 1.807) is 0 Å². The zero-order chi connectivity index (χ0) is 69.1. The summed E-state index contributed by atoms with van der Waals surface area (Å²) in [6.07, 6.45) is 0. The average molecular weight is 1330 g/mol. The largest absolute Gasteiger partial charge is 0.454 e. The molecule has 0 bridgehead atoms. The molecule has 4 nitrogen and oxygen atoms in total. The molecule has 4 heteroatoms. The number of furan rings is 2. The van der Waals surface area contributed by atoms with E-state index in [1.807, 2.05) is 0 Å². The lowest BCUT2D eigenvalue weighted by Gasteiger charge is -2.29. The lowest BCUT2D eigenvalue weighted by atomic mass is 9.79. The molecule has 0 radical (unpaired) electrons. The molecule has 0 spiro atoms. The summed E-state index contributed by atoms with van der Waals surface area (Å²) in [7, 11) is 0. The lowest BCUT2D eigenvalue weighted by molar-refractivity contribution is 0.650. The quantitative estimate of drug-likeness (QED) is 0.137. The van der Waals surface area contributed by atoms with Crippen LogP contribution >= 0.6 is 0 Å². The molecule has 0 unspecified atom stereocenters. The summed E-state index contributed by atoms with van der Waals surface area (Å²) < 4.78 is 14.8. The monoisotopic (exact) mass is 1330 g/mol. The minimum Gasteiger partial charge on any atom is -0.454 e. The first-order valence-corrected chi connectivity index (χ1v) is 36.2. The predicted molar refractivity (Wildman–Crippen MR) is 437 cm³/mol. The minimum absolute atomic E-state index is 0.471. The second-order valence-corrected chi connectivity index (χ2v) is 29.4. The molecule has 0 saturated heterocycles. The van der Waals surface area contributed by atoms with Crippen LogP contribution in [0.3, 0.4) is 0 Å². The van der Waals surface area contributed by atoms with Crippen LogP contribution in [0.4, 0.5) is 34.1 Å². The zero-order valence-electron chi connectivity index (χ0n) is 58.0. The molecule has 21 rings (SSSR count). The van der Waals surface area contributed by atoms with Crippen molar-refractivity contribution < 1.29 is 8.83 Å². The molecule has 2 heterocycles. The summed E-state index contributed by atoms with van der Waals surface area (Å²) in [4.78, 5) is 4.87. The van der Waals surface area contributed by atoms with Gasteiger partial charge in [-0.2, -0.15) is 0 Å². The Labute approximate surface area is 603 Å². The number of hydrogen-bond acceptors (Lipinski definition) is 4. The molecular weight excluding hydrogens is 1260 g/mol. The van der Waals surface area contributed by atoms with Crippen molar-refractivity contribution in [1.29, 1.82) is 0 Å². The first kappa shape index (κ1) is 59.8. The highest BCUT2D eigenvalue weighted by Gasteiger charge is 2.45. The Morgan fingerprint density at radius 1 is 0.231 bits per heavy atom. The van der Waals surface area contributed by atoms with Crippen molar-refractivity contribution in [3.8, 4) is 66.8 Å². The molecule has 0 atom stereocenters. The molecule has 0 amide bonds. The van der Waals surface area contributed by atoms with Gasteiger partial charge in [-0.15, -0.1) is 0 Å². The number of rotatable bonds is 10. The first-order chi connectivity index (χ1) is 51.1. The van der Waals surface area contributed by atoms with E-state index in [1.165, 1.54) is 110 Å². The van der Waals surface area contributed by atoms with E-state index >= 15 is 0 Å². The van der Waals surface area contributed by atoms with Gasteiger partial charge < -0.3 is 18.6 Å². The predicted octanol–water partition coefficient (Wildman–Crippen LogP) is 28.3. The molecule has 0 aliphatic heterocycles. The Bertz CT molecular complexity index is 6090. The number of fused-ring (bicyclic) bond motifs is 18. The highest BCUT2D eigenvalue weighted by atomic mass is 16.3. The fraction of sp³-hybridized carbons (Fsp3) is 0.0600. The van der Waals surface area contributed by atoms with Gasteiger partial charge >= 0.3 is 0 Å². The second kappa shape index (κ2) is 22.7. The molecule has 490 valence electrons. The van der Waals surface area contributed by atoms with E-state index in [2.05, 4.69) is 377 Å². The van der Waals surface area contributed by atoms with Crippen LogP contribution in [-0.4, -0.2) is 0 Å². The maximum absolute atomic E-state index is 7.41. The van der Waals surface area contributed by atoms with Crippen LogP contribution in [0.5, 0.6) is 0 Å². The van der Waals surface area contributed by atoms with Gasteiger partial charge in [-0.1, -0.05) is 282 Å². The summed E-state index contributed by atoms with van der Waals surface area (Å²) in [6, 6.07) is 125. The van der Waals surface area contributed by atoms with E-state index in [9.17, 15) is 0 Å². The minimum atomic E-state index is -0.471. The number of benzene rings is 17. The van der Waals surface area contributed by atoms with Gasteiger partial charge in [0.05, 0.1) is 11.4 Å². The van der Waals surface area contributed by atoms with E-state index < -0.39 is 10.8 Å². The highest BCUT2D eigenvalue weighted by molar-refractivity contribution is 6.22. The van der Waals surface area contributed by atoms with Gasteiger partial charge in [0.1, 0.15) is 11.2 Å². The fourth-order valence-corrected chi connectivity index (χ4v) is 17.9. The molecule has 0 saturated carbocycles.